The normalized spacial score (nSPS) is 20.8. The number of ether oxygens (including phenoxy) is 1. The number of para-hydroxylation sites is 1. The van der Waals surface area contributed by atoms with E-state index in [4.69, 9.17) is 4.74 Å². The Balaban J connectivity index is 1.34. The van der Waals surface area contributed by atoms with E-state index in [1.54, 1.807) is 4.57 Å². The van der Waals surface area contributed by atoms with Crippen molar-refractivity contribution in [3.63, 3.8) is 0 Å². The highest BCUT2D eigenvalue weighted by atomic mass is 32.2. The molecule has 3 heterocycles. The number of hydrogen-bond acceptors (Lipinski definition) is 6. The lowest BCUT2D eigenvalue weighted by Crippen LogP contribution is -2.50. The Morgan fingerprint density at radius 1 is 1.28 bits per heavy atom. The van der Waals surface area contributed by atoms with Crippen molar-refractivity contribution in [1.29, 1.82) is 0 Å². The number of nitrogens with one attached hydrogen (secondary N) is 1. The maximum atomic E-state index is 12.9. The first-order valence-electron chi connectivity index (χ1n) is 10.1. The van der Waals surface area contributed by atoms with Crippen LogP contribution in [0.2, 0.25) is 0 Å². The topological polar surface area (TPSA) is 83.5 Å². The summed E-state index contributed by atoms with van der Waals surface area (Å²) in [4.78, 5) is 29.3. The Hall–Kier alpha value is -2.26. The smallest absolute Gasteiger partial charge is 0.344 e. The number of carbonyl (C=O) groups excluding carboxylic acids is 1. The zero-order chi connectivity index (χ0) is 20.2. The van der Waals surface area contributed by atoms with Crippen LogP contribution in [0.4, 0.5) is 5.69 Å². The highest BCUT2D eigenvalue weighted by Gasteiger charge is 2.28. The molecule has 2 aliphatic rings. The van der Waals surface area contributed by atoms with Crippen LogP contribution in [-0.2, 0) is 16.1 Å². The van der Waals surface area contributed by atoms with Crippen LogP contribution in [0.3, 0.4) is 0 Å². The Labute approximate surface area is 174 Å². The number of aromatic nitrogens is 3. The van der Waals surface area contributed by atoms with E-state index < -0.39 is 0 Å². The molecule has 1 aromatic heterocycles. The third-order valence-electron chi connectivity index (χ3n) is 5.48. The van der Waals surface area contributed by atoms with Crippen molar-refractivity contribution < 1.29 is 9.53 Å². The first-order chi connectivity index (χ1) is 14.1. The summed E-state index contributed by atoms with van der Waals surface area (Å²) in [5.74, 6) is 0.0850. The fraction of sp³-hybridized carbons (Fsp3) is 0.550. The van der Waals surface area contributed by atoms with Crippen molar-refractivity contribution in [3.05, 3.63) is 40.8 Å². The number of thioether (sulfide) groups is 1. The van der Waals surface area contributed by atoms with Crippen LogP contribution >= 0.6 is 11.8 Å². The third kappa shape index (κ3) is 4.67. The van der Waals surface area contributed by atoms with E-state index in [9.17, 15) is 9.59 Å². The second-order valence-corrected chi connectivity index (χ2v) is 8.77. The molecule has 1 aromatic carbocycles. The molecule has 0 unspecified atom stereocenters. The number of carbonyl (C=O) groups is 1. The van der Waals surface area contributed by atoms with E-state index >= 15 is 0 Å². The molecule has 1 N–H and O–H groups in total. The number of amides is 1. The van der Waals surface area contributed by atoms with E-state index in [0.717, 1.165) is 32.5 Å². The lowest BCUT2D eigenvalue weighted by Gasteiger charge is -2.37. The van der Waals surface area contributed by atoms with Crippen molar-refractivity contribution in [2.24, 2.45) is 0 Å². The maximum Gasteiger partial charge on any atom is 0.344 e. The zero-order valence-electron chi connectivity index (χ0n) is 16.6. The van der Waals surface area contributed by atoms with E-state index in [2.05, 4.69) is 27.2 Å². The van der Waals surface area contributed by atoms with Crippen molar-refractivity contribution in [2.75, 3.05) is 37.7 Å². The SMILES string of the molecule is C[C@@H](Sc1n[nH]c(=O)n1C[C@H]1CCCO1)C(=O)N1CCN(c2ccccc2)CC1. The number of anilines is 1. The molecule has 2 aliphatic heterocycles. The van der Waals surface area contributed by atoms with Gasteiger partial charge >= 0.3 is 5.69 Å². The maximum absolute atomic E-state index is 12.9. The Kier molecular flexibility index (Phi) is 6.25. The van der Waals surface area contributed by atoms with Gasteiger partial charge in [-0.1, -0.05) is 30.0 Å². The molecule has 0 aliphatic carbocycles. The summed E-state index contributed by atoms with van der Waals surface area (Å²) in [5.41, 5.74) is 0.941. The van der Waals surface area contributed by atoms with Crippen LogP contribution in [-0.4, -0.2) is 69.7 Å². The minimum atomic E-state index is -0.309. The van der Waals surface area contributed by atoms with E-state index in [1.807, 2.05) is 30.0 Å². The van der Waals surface area contributed by atoms with Crippen molar-refractivity contribution in [3.8, 4) is 0 Å². The summed E-state index contributed by atoms with van der Waals surface area (Å²) in [6.45, 7) is 6.13. The molecule has 9 heteroatoms. The standard InChI is InChI=1S/C20H27N5O3S/c1-15(29-20-22-21-19(27)25(20)14-17-8-5-13-28-17)18(26)24-11-9-23(10-12-24)16-6-3-2-4-7-16/h2-4,6-7,15,17H,5,8-14H2,1H3,(H,21,27)/t15-,17-/m1/s1. The molecule has 1 amide bonds. The van der Waals surface area contributed by atoms with Crippen LogP contribution < -0.4 is 10.6 Å². The van der Waals surface area contributed by atoms with Gasteiger partial charge in [-0.15, -0.1) is 5.10 Å². The molecule has 2 saturated heterocycles. The Morgan fingerprint density at radius 3 is 2.72 bits per heavy atom. The number of benzene rings is 1. The summed E-state index contributed by atoms with van der Waals surface area (Å²) >= 11 is 1.33. The molecule has 2 fully saturated rings. The number of H-pyrrole nitrogens is 1. The van der Waals surface area contributed by atoms with Gasteiger partial charge in [-0.05, 0) is 31.9 Å². The molecule has 8 nitrogen and oxygen atoms in total. The van der Waals surface area contributed by atoms with Gasteiger partial charge in [0.1, 0.15) is 0 Å². The third-order valence-corrected chi connectivity index (χ3v) is 6.55. The van der Waals surface area contributed by atoms with E-state index in [0.29, 0.717) is 24.8 Å². The first kappa shape index (κ1) is 20.0. The van der Waals surface area contributed by atoms with Gasteiger partial charge in [-0.2, -0.15) is 0 Å². The van der Waals surface area contributed by atoms with E-state index in [1.165, 1.54) is 17.4 Å². The predicted molar refractivity (Wildman–Crippen MR) is 112 cm³/mol. The zero-order valence-corrected chi connectivity index (χ0v) is 17.4. The van der Waals surface area contributed by atoms with Crippen molar-refractivity contribution in [1.82, 2.24) is 19.7 Å². The summed E-state index contributed by atoms with van der Waals surface area (Å²) in [6, 6.07) is 10.3. The molecule has 0 spiro atoms. The van der Waals surface area contributed by atoms with Gasteiger partial charge in [0, 0.05) is 38.5 Å². The molecule has 0 saturated carbocycles. The molecule has 4 rings (SSSR count). The second-order valence-electron chi connectivity index (χ2n) is 7.46. The summed E-state index contributed by atoms with van der Waals surface area (Å²) in [5, 5.41) is 6.88. The fourth-order valence-corrected chi connectivity index (χ4v) is 4.78. The molecular formula is C20H27N5O3S. The van der Waals surface area contributed by atoms with Gasteiger partial charge < -0.3 is 14.5 Å². The summed E-state index contributed by atoms with van der Waals surface area (Å²) in [6.07, 6.45) is 2.01. The number of nitrogens with zero attached hydrogens (tertiary/aromatic N) is 4. The molecular weight excluding hydrogens is 390 g/mol. The lowest BCUT2D eigenvalue weighted by molar-refractivity contribution is -0.130. The quantitative estimate of drug-likeness (QED) is 0.719. The summed E-state index contributed by atoms with van der Waals surface area (Å²) < 4.78 is 7.23. The van der Waals surface area contributed by atoms with Gasteiger partial charge in [-0.25, -0.2) is 9.89 Å². The van der Waals surface area contributed by atoms with Gasteiger partial charge in [-0.3, -0.25) is 9.36 Å². The fourth-order valence-electron chi connectivity index (χ4n) is 3.84. The average Bonchev–Trinajstić information content (AvgIpc) is 3.39. The van der Waals surface area contributed by atoms with Crippen LogP contribution in [0.5, 0.6) is 0 Å². The van der Waals surface area contributed by atoms with Gasteiger partial charge in [0.25, 0.3) is 0 Å². The van der Waals surface area contributed by atoms with Gasteiger partial charge in [0.2, 0.25) is 5.91 Å². The number of piperazine rings is 1. The molecule has 156 valence electrons. The Bertz CT molecular complexity index is 870. The monoisotopic (exact) mass is 417 g/mol. The van der Waals surface area contributed by atoms with Crippen molar-refractivity contribution >= 4 is 23.4 Å². The molecule has 2 atom stereocenters. The largest absolute Gasteiger partial charge is 0.376 e. The second kappa shape index (κ2) is 9.04. The highest BCUT2D eigenvalue weighted by molar-refractivity contribution is 8.00. The number of hydrogen-bond donors (Lipinski definition) is 1. The molecule has 29 heavy (non-hydrogen) atoms. The highest BCUT2D eigenvalue weighted by Crippen LogP contribution is 2.24. The molecule has 0 radical (unpaired) electrons. The molecule has 0 bridgehead atoms. The lowest BCUT2D eigenvalue weighted by atomic mass is 10.2. The van der Waals surface area contributed by atoms with Crippen molar-refractivity contribution in [2.45, 2.75) is 42.8 Å². The van der Waals surface area contributed by atoms with Gasteiger partial charge in [0.15, 0.2) is 5.16 Å². The van der Waals surface area contributed by atoms with Crippen LogP contribution in [0.15, 0.2) is 40.3 Å². The summed E-state index contributed by atoms with van der Waals surface area (Å²) in [7, 11) is 0. The Morgan fingerprint density at radius 2 is 2.03 bits per heavy atom. The number of aromatic amines is 1. The average molecular weight is 418 g/mol. The molecule has 2 aromatic rings. The van der Waals surface area contributed by atoms with Gasteiger partial charge in [0.05, 0.1) is 17.9 Å². The minimum Gasteiger partial charge on any atom is -0.376 e. The van der Waals surface area contributed by atoms with Crippen LogP contribution in [0.25, 0.3) is 0 Å². The first-order valence-corrected chi connectivity index (χ1v) is 11.0. The minimum absolute atomic E-state index is 0.0433. The van der Waals surface area contributed by atoms with Crippen LogP contribution in [0, 0.1) is 0 Å². The van der Waals surface area contributed by atoms with E-state index in [-0.39, 0.29) is 23.0 Å². The van der Waals surface area contributed by atoms with Crippen LogP contribution in [0.1, 0.15) is 19.8 Å². The predicted octanol–water partition coefficient (Wildman–Crippen LogP) is 1.58. The number of rotatable bonds is 6.